The number of hydrogen-bond donors (Lipinski definition) is 4. The molecule has 0 rings (SSSR count). The van der Waals surface area contributed by atoms with E-state index in [9.17, 15) is 14.4 Å². The van der Waals surface area contributed by atoms with E-state index in [1.54, 1.807) is 0 Å². The van der Waals surface area contributed by atoms with Crippen molar-refractivity contribution < 1.29 is 43.2 Å². The standard InChI is InChI=1S/C25H48N2O9S/c26-23(28)20-22(25(30)31)27-24(29)21-36-18-17-35-16-15-34-14-13-33-12-11-32-10-8-6-4-2-1-3-5-7-9-19-37/h22,37H,1-21H2,(H2,26,28)(H,27,29)(H,30,31)/t22-/m0/s1. The fraction of sp³-hybridized carbons (Fsp3) is 0.880. The molecule has 0 heterocycles. The molecule has 0 bridgehead atoms. The maximum atomic E-state index is 11.6. The van der Waals surface area contributed by atoms with Crippen LogP contribution in [0.1, 0.15) is 64.2 Å². The molecular formula is C25H48N2O9S. The molecule has 0 aliphatic carbocycles. The van der Waals surface area contributed by atoms with E-state index in [0.29, 0.717) is 39.6 Å². The lowest BCUT2D eigenvalue weighted by Crippen LogP contribution is -2.44. The first-order valence-electron chi connectivity index (χ1n) is 13.3. The molecule has 1 atom stereocenters. The molecule has 0 aromatic carbocycles. The molecule has 37 heavy (non-hydrogen) atoms. The van der Waals surface area contributed by atoms with Crippen molar-refractivity contribution >= 4 is 30.4 Å². The summed E-state index contributed by atoms with van der Waals surface area (Å²) in [5, 5.41) is 11.1. The summed E-state index contributed by atoms with van der Waals surface area (Å²) in [5.74, 6) is -1.81. The largest absolute Gasteiger partial charge is 0.480 e. The first-order valence-corrected chi connectivity index (χ1v) is 13.9. The van der Waals surface area contributed by atoms with Crippen LogP contribution in [0.4, 0.5) is 0 Å². The highest BCUT2D eigenvalue weighted by Crippen LogP contribution is 2.10. The molecule has 0 unspecified atom stereocenters. The number of unbranched alkanes of at least 4 members (excludes halogenated alkanes) is 8. The average Bonchev–Trinajstić information content (AvgIpc) is 2.86. The third kappa shape index (κ3) is 27.4. The lowest BCUT2D eigenvalue weighted by Gasteiger charge is -2.13. The van der Waals surface area contributed by atoms with Crippen LogP contribution in [0.15, 0.2) is 0 Å². The SMILES string of the molecule is NC(=O)C[C@H](NC(=O)COCCOCCOCCOCCOCCCCCCCCCCCS)C(=O)O. The number of amides is 2. The van der Waals surface area contributed by atoms with E-state index in [1.165, 1.54) is 51.4 Å². The Kier molecular flexibility index (Phi) is 26.5. The first kappa shape index (κ1) is 35.6. The quantitative estimate of drug-likeness (QED) is 0.0805. The predicted octanol–water partition coefficient (Wildman–Crippen LogP) is 1.95. The fourth-order valence-corrected chi connectivity index (χ4v) is 3.46. The normalized spacial score (nSPS) is 11.9. The van der Waals surface area contributed by atoms with Gasteiger partial charge in [-0.1, -0.05) is 44.9 Å². The number of aliphatic carboxylic acids is 1. The summed E-state index contributed by atoms with van der Waals surface area (Å²) in [6.07, 6.45) is 11.0. The minimum absolute atomic E-state index is 0.154. The van der Waals surface area contributed by atoms with Crippen LogP contribution in [0, 0.1) is 0 Å². The lowest BCUT2D eigenvalue weighted by molar-refractivity contribution is -0.144. The Labute approximate surface area is 226 Å². The van der Waals surface area contributed by atoms with Crippen LogP contribution in [-0.2, 0) is 38.1 Å². The molecular weight excluding hydrogens is 504 g/mol. The minimum atomic E-state index is -1.37. The van der Waals surface area contributed by atoms with Crippen LogP contribution >= 0.6 is 12.6 Å². The Morgan fingerprint density at radius 3 is 1.49 bits per heavy atom. The summed E-state index contributed by atoms with van der Waals surface area (Å²) >= 11 is 4.23. The number of carboxylic acid groups (broad SMARTS) is 1. The second-order valence-electron chi connectivity index (χ2n) is 8.54. The summed E-state index contributed by atoms with van der Waals surface area (Å²) < 4.78 is 26.9. The highest BCUT2D eigenvalue weighted by atomic mass is 32.1. The summed E-state index contributed by atoms with van der Waals surface area (Å²) in [4.78, 5) is 33.4. The Balaban J connectivity index is 3.26. The molecule has 0 fully saturated rings. The number of ether oxygens (including phenoxy) is 5. The smallest absolute Gasteiger partial charge is 0.326 e. The van der Waals surface area contributed by atoms with E-state index in [-0.39, 0.29) is 19.8 Å². The van der Waals surface area contributed by atoms with E-state index in [0.717, 1.165) is 18.8 Å². The first-order chi connectivity index (χ1) is 18.0. The van der Waals surface area contributed by atoms with Crippen LogP contribution in [0.3, 0.4) is 0 Å². The van der Waals surface area contributed by atoms with Gasteiger partial charge in [-0.25, -0.2) is 4.79 Å². The van der Waals surface area contributed by atoms with Gasteiger partial charge in [0.25, 0.3) is 0 Å². The summed E-state index contributed by atoms with van der Waals surface area (Å²) in [6, 6.07) is -1.37. The zero-order chi connectivity index (χ0) is 27.4. The van der Waals surface area contributed by atoms with E-state index in [2.05, 4.69) is 17.9 Å². The monoisotopic (exact) mass is 552 g/mol. The van der Waals surface area contributed by atoms with E-state index < -0.39 is 30.2 Å². The fourth-order valence-electron chi connectivity index (χ4n) is 3.24. The highest BCUT2D eigenvalue weighted by molar-refractivity contribution is 7.80. The van der Waals surface area contributed by atoms with Gasteiger partial charge < -0.3 is 39.8 Å². The van der Waals surface area contributed by atoms with Gasteiger partial charge >= 0.3 is 5.97 Å². The third-order valence-electron chi connectivity index (χ3n) is 5.21. The predicted molar refractivity (Wildman–Crippen MR) is 143 cm³/mol. The van der Waals surface area contributed by atoms with Crippen molar-refractivity contribution in [3.8, 4) is 0 Å². The van der Waals surface area contributed by atoms with Crippen molar-refractivity contribution in [2.24, 2.45) is 5.73 Å². The Morgan fingerprint density at radius 2 is 1.05 bits per heavy atom. The van der Waals surface area contributed by atoms with Gasteiger partial charge in [0.2, 0.25) is 11.8 Å². The number of nitrogens with two attached hydrogens (primary N) is 1. The number of carbonyl (C=O) groups excluding carboxylic acids is 2. The third-order valence-corrected chi connectivity index (χ3v) is 5.52. The summed E-state index contributed by atoms with van der Waals surface area (Å²) in [7, 11) is 0. The van der Waals surface area contributed by atoms with Crippen molar-refractivity contribution in [3.63, 3.8) is 0 Å². The number of nitrogens with one attached hydrogen (secondary N) is 1. The molecule has 0 saturated carbocycles. The van der Waals surface area contributed by atoms with Crippen LogP contribution < -0.4 is 11.1 Å². The second-order valence-corrected chi connectivity index (χ2v) is 8.98. The van der Waals surface area contributed by atoms with Crippen molar-refractivity contribution in [1.82, 2.24) is 5.32 Å². The molecule has 0 aliphatic rings. The number of carboxylic acids is 1. The van der Waals surface area contributed by atoms with Crippen LogP contribution in [0.5, 0.6) is 0 Å². The maximum absolute atomic E-state index is 11.6. The molecule has 12 heteroatoms. The van der Waals surface area contributed by atoms with E-state index in [4.69, 9.17) is 34.5 Å². The van der Waals surface area contributed by atoms with Gasteiger partial charge in [0.05, 0.1) is 59.3 Å². The zero-order valence-electron chi connectivity index (χ0n) is 22.2. The van der Waals surface area contributed by atoms with Gasteiger partial charge in [0.1, 0.15) is 12.6 Å². The van der Waals surface area contributed by atoms with Gasteiger partial charge in [-0.3, -0.25) is 9.59 Å². The molecule has 0 radical (unpaired) electrons. The zero-order valence-corrected chi connectivity index (χ0v) is 23.1. The van der Waals surface area contributed by atoms with Crippen molar-refractivity contribution in [1.29, 1.82) is 0 Å². The number of thiol groups is 1. The maximum Gasteiger partial charge on any atom is 0.326 e. The molecule has 4 N–H and O–H groups in total. The van der Waals surface area contributed by atoms with Gasteiger partial charge in [0.15, 0.2) is 0 Å². The molecule has 0 aliphatic heterocycles. The number of carbonyl (C=O) groups is 3. The van der Waals surface area contributed by atoms with Crippen molar-refractivity contribution in [2.75, 3.05) is 71.8 Å². The average molecular weight is 553 g/mol. The van der Waals surface area contributed by atoms with Crippen LogP contribution in [0.25, 0.3) is 0 Å². The Morgan fingerprint density at radius 1 is 0.649 bits per heavy atom. The van der Waals surface area contributed by atoms with Crippen molar-refractivity contribution in [2.45, 2.75) is 70.3 Å². The molecule has 218 valence electrons. The Hall–Kier alpha value is -1.44. The van der Waals surface area contributed by atoms with Crippen molar-refractivity contribution in [3.05, 3.63) is 0 Å². The second kappa shape index (κ2) is 27.6. The summed E-state index contributed by atoms with van der Waals surface area (Å²) in [5.41, 5.74) is 4.95. The summed E-state index contributed by atoms with van der Waals surface area (Å²) in [6.45, 7) is 3.71. The molecule has 2 amide bonds. The number of rotatable bonds is 29. The van der Waals surface area contributed by atoms with Gasteiger partial charge in [0, 0.05) is 6.61 Å². The number of primary amides is 1. The van der Waals surface area contributed by atoms with E-state index >= 15 is 0 Å². The lowest BCUT2D eigenvalue weighted by atomic mass is 10.1. The molecule has 0 spiro atoms. The Bertz CT molecular complexity index is 570. The van der Waals surface area contributed by atoms with Crippen LogP contribution in [0.2, 0.25) is 0 Å². The van der Waals surface area contributed by atoms with Gasteiger partial charge in [-0.2, -0.15) is 12.6 Å². The molecule has 11 nitrogen and oxygen atoms in total. The van der Waals surface area contributed by atoms with E-state index in [1.807, 2.05) is 0 Å². The van der Waals surface area contributed by atoms with Crippen LogP contribution in [-0.4, -0.2) is 101 Å². The topological polar surface area (TPSA) is 156 Å². The number of hydrogen-bond acceptors (Lipinski definition) is 9. The highest BCUT2D eigenvalue weighted by Gasteiger charge is 2.21. The molecule has 0 saturated heterocycles. The molecule has 0 aromatic heterocycles. The minimum Gasteiger partial charge on any atom is -0.480 e. The van der Waals surface area contributed by atoms with Gasteiger partial charge in [-0.05, 0) is 18.6 Å². The molecule has 0 aromatic rings. The van der Waals surface area contributed by atoms with Gasteiger partial charge in [-0.15, -0.1) is 0 Å².